The minimum Gasteiger partial charge on any atom is -0.493 e. The fraction of sp³-hybridized carbons (Fsp3) is 0.333. The van der Waals surface area contributed by atoms with Crippen LogP contribution in [0.3, 0.4) is 0 Å². The largest absolute Gasteiger partial charge is 0.493 e. The molecule has 0 atom stereocenters. The van der Waals surface area contributed by atoms with Crippen LogP contribution in [0.2, 0.25) is 5.02 Å². The number of hydrogen-bond donors (Lipinski definition) is 1. The molecule has 2 aromatic rings. The summed E-state index contributed by atoms with van der Waals surface area (Å²) < 4.78 is 6.77. The van der Waals surface area contributed by atoms with Gasteiger partial charge in [-0.05, 0) is 25.0 Å². The topological polar surface area (TPSA) is 64.4 Å². The highest BCUT2D eigenvalue weighted by Crippen LogP contribution is 2.43. The molecule has 1 fully saturated rings. The third kappa shape index (κ3) is 2.74. The highest BCUT2D eigenvalue weighted by molar-refractivity contribution is 6.32. The molecule has 1 aromatic carbocycles. The molecule has 6 heteroatoms. The van der Waals surface area contributed by atoms with Gasteiger partial charge < -0.3 is 9.84 Å². The normalized spacial score (nSPS) is 14.2. The standard InChI is InChI=1S/C15H15ClN2O3/c1-18-15(20)13(14(17-18)9-6-7-9)11(19)8-21-12-5-3-2-4-10(12)16/h2-5,9,20H,6-8H2,1H3. The van der Waals surface area contributed by atoms with Crippen molar-refractivity contribution in [1.29, 1.82) is 0 Å². The minimum absolute atomic E-state index is 0.107. The zero-order valence-corrected chi connectivity index (χ0v) is 12.3. The molecule has 0 amide bonds. The Hall–Kier alpha value is -2.01. The van der Waals surface area contributed by atoms with Gasteiger partial charge in [-0.3, -0.25) is 4.79 Å². The molecule has 1 aromatic heterocycles. The van der Waals surface area contributed by atoms with E-state index in [4.69, 9.17) is 16.3 Å². The summed E-state index contributed by atoms with van der Waals surface area (Å²) in [5, 5.41) is 14.7. The van der Waals surface area contributed by atoms with Crippen molar-refractivity contribution in [2.45, 2.75) is 18.8 Å². The van der Waals surface area contributed by atoms with Gasteiger partial charge in [-0.25, -0.2) is 4.68 Å². The van der Waals surface area contributed by atoms with Crippen LogP contribution in [0.1, 0.15) is 34.8 Å². The Bertz CT molecular complexity index is 692. The monoisotopic (exact) mass is 306 g/mol. The number of aryl methyl sites for hydroxylation is 1. The SMILES string of the molecule is Cn1nc(C2CC2)c(C(=O)COc2ccccc2Cl)c1O. The van der Waals surface area contributed by atoms with Gasteiger partial charge in [-0.1, -0.05) is 23.7 Å². The van der Waals surface area contributed by atoms with E-state index in [-0.39, 0.29) is 29.8 Å². The molecular weight excluding hydrogens is 292 g/mol. The molecule has 1 N–H and O–H groups in total. The van der Waals surface area contributed by atoms with E-state index < -0.39 is 0 Å². The predicted octanol–water partition coefficient (Wildman–Crippen LogP) is 2.92. The van der Waals surface area contributed by atoms with Crippen LogP contribution in [-0.4, -0.2) is 27.3 Å². The number of carbonyl (C=O) groups excluding carboxylic acids is 1. The van der Waals surface area contributed by atoms with Gasteiger partial charge >= 0.3 is 0 Å². The van der Waals surface area contributed by atoms with Gasteiger partial charge in [-0.2, -0.15) is 5.10 Å². The van der Waals surface area contributed by atoms with E-state index in [1.54, 1.807) is 31.3 Å². The van der Waals surface area contributed by atoms with E-state index in [9.17, 15) is 9.90 Å². The maximum Gasteiger partial charge on any atom is 0.220 e. The van der Waals surface area contributed by atoms with Crippen LogP contribution in [0.4, 0.5) is 0 Å². The summed E-state index contributed by atoms with van der Waals surface area (Å²) >= 11 is 5.98. The van der Waals surface area contributed by atoms with Crippen molar-refractivity contribution in [3.05, 3.63) is 40.5 Å². The Kier molecular flexibility index (Phi) is 3.59. The van der Waals surface area contributed by atoms with Crippen LogP contribution in [0, 0.1) is 0 Å². The Morgan fingerprint density at radius 2 is 2.19 bits per heavy atom. The molecule has 1 aliphatic rings. The molecule has 0 aliphatic heterocycles. The molecule has 3 rings (SSSR count). The molecule has 1 heterocycles. The van der Waals surface area contributed by atoms with Gasteiger partial charge in [-0.15, -0.1) is 0 Å². The number of aromatic hydroxyl groups is 1. The first-order chi connectivity index (χ1) is 10.1. The molecule has 110 valence electrons. The van der Waals surface area contributed by atoms with Crippen molar-refractivity contribution < 1.29 is 14.6 Å². The number of para-hydroxylation sites is 1. The van der Waals surface area contributed by atoms with Gasteiger partial charge in [0.15, 0.2) is 6.61 Å². The second-order valence-corrected chi connectivity index (χ2v) is 5.53. The van der Waals surface area contributed by atoms with Crippen LogP contribution >= 0.6 is 11.6 Å². The maximum atomic E-state index is 12.3. The molecule has 21 heavy (non-hydrogen) atoms. The predicted molar refractivity (Wildman–Crippen MR) is 78.1 cm³/mol. The van der Waals surface area contributed by atoms with E-state index in [1.807, 2.05) is 0 Å². The Morgan fingerprint density at radius 1 is 1.48 bits per heavy atom. The van der Waals surface area contributed by atoms with Crippen molar-refractivity contribution in [2.75, 3.05) is 6.61 Å². The summed E-state index contributed by atoms with van der Waals surface area (Å²) in [4.78, 5) is 12.3. The molecule has 0 saturated heterocycles. The van der Waals surface area contributed by atoms with Crippen LogP contribution in [0.25, 0.3) is 0 Å². The highest BCUT2D eigenvalue weighted by Gasteiger charge is 2.34. The Labute approximate surface area is 127 Å². The average molecular weight is 307 g/mol. The Morgan fingerprint density at radius 3 is 2.86 bits per heavy atom. The van der Waals surface area contributed by atoms with Crippen LogP contribution in [-0.2, 0) is 7.05 Å². The van der Waals surface area contributed by atoms with Gasteiger partial charge in [0.25, 0.3) is 0 Å². The van der Waals surface area contributed by atoms with Gasteiger partial charge in [0.2, 0.25) is 11.7 Å². The van der Waals surface area contributed by atoms with E-state index >= 15 is 0 Å². The number of benzene rings is 1. The number of ether oxygens (including phenoxy) is 1. The van der Waals surface area contributed by atoms with Gasteiger partial charge in [0.05, 0.1) is 10.7 Å². The van der Waals surface area contributed by atoms with Crippen molar-refractivity contribution in [3.63, 3.8) is 0 Å². The smallest absolute Gasteiger partial charge is 0.220 e. The second kappa shape index (κ2) is 5.41. The van der Waals surface area contributed by atoms with Crippen molar-refractivity contribution in [2.24, 2.45) is 7.05 Å². The number of Topliss-reactive ketones (excluding diaryl/α,β-unsaturated/α-hetero) is 1. The number of halogens is 1. The zero-order chi connectivity index (χ0) is 15.0. The zero-order valence-electron chi connectivity index (χ0n) is 11.5. The van der Waals surface area contributed by atoms with Crippen molar-refractivity contribution in [1.82, 2.24) is 9.78 Å². The molecule has 0 spiro atoms. The molecule has 1 saturated carbocycles. The quantitative estimate of drug-likeness (QED) is 0.863. The van der Waals surface area contributed by atoms with E-state index in [0.29, 0.717) is 16.5 Å². The summed E-state index contributed by atoms with van der Waals surface area (Å²) in [6, 6.07) is 6.96. The molecule has 5 nitrogen and oxygen atoms in total. The summed E-state index contributed by atoms with van der Waals surface area (Å²) in [6.45, 7) is -0.178. The number of nitrogens with zero attached hydrogens (tertiary/aromatic N) is 2. The Balaban J connectivity index is 1.78. The lowest BCUT2D eigenvalue weighted by molar-refractivity contribution is 0.0917. The fourth-order valence-electron chi connectivity index (χ4n) is 2.22. The van der Waals surface area contributed by atoms with Crippen LogP contribution in [0.5, 0.6) is 11.6 Å². The molecule has 0 unspecified atom stereocenters. The lowest BCUT2D eigenvalue weighted by atomic mass is 10.1. The molecular formula is C15H15ClN2O3. The lowest BCUT2D eigenvalue weighted by Crippen LogP contribution is -2.13. The third-order valence-corrected chi connectivity index (χ3v) is 3.79. The van der Waals surface area contributed by atoms with Crippen LogP contribution < -0.4 is 4.74 Å². The maximum absolute atomic E-state index is 12.3. The summed E-state index contributed by atoms with van der Waals surface area (Å²) in [5.41, 5.74) is 0.940. The number of hydrogen-bond acceptors (Lipinski definition) is 4. The number of rotatable bonds is 5. The average Bonchev–Trinajstić information content (AvgIpc) is 3.25. The summed E-state index contributed by atoms with van der Waals surface area (Å²) in [5.74, 6) is 0.326. The summed E-state index contributed by atoms with van der Waals surface area (Å²) in [7, 11) is 1.62. The first-order valence-electron chi connectivity index (χ1n) is 6.74. The molecule has 1 aliphatic carbocycles. The second-order valence-electron chi connectivity index (χ2n) is 5.12. The fourth-order valence-corrected chi connectivity index (χ4v) is 2.41. The van der Waals surface area contributed by atoms with E-state index in [1.165, 1.54) is 4.68 Å². The number of ketones is 1. The first kappa shape index (κ1) is 13.9. The van der Waals surface area contributed by atoms with Gasteiger partial charge in [0, 0.05) is 13.0 Å². The van der Waals surface area contributed by atoms with E-state index in [0.717, 1.165) is 12.8 Å². The molecule has 0 radical (unpaired) electrons. The third-order valence-electron chi connectivity index (χ3n) is 3.48. The minimum atomic E-state index is -0.289. The summed E-state index contributed by atoms with van der Waals surface area (Å²) in [6.07, 6.45) is 2.00. The highest BCUT2D eigenvalue weighted by atomic mass is 35.5. The number of aromatic nitrogens is 2. The van der Waals surface area contributed by atoms with E-state index in [2.05, 4.69) is 5.10 Å². The van der Waals surface area contributed by atoms with Crippen molar-refractivity contribution >= 4 is 17.4 Å². The first-order valence-corrected chi connectivity index (χ1v) is 7.12. The number of carbonyl (C=O) groups is 1. The van der Waals surface area contributed by atoms with Crippen LogP contribution in [0.15, 0.2) is 24.3 Å². The lowest BCUT2D eigenvalue weighted by Gasteiger charge is -2.07. The van der Waals surface area contributed by atoms with Crippen molar-refractivity contribution in [3.8, 4) is 11.6 Å². The molecule has 0 bridgehead atoms. The van der Waals surface area contributed by atoms with Gasteiger partial charge in [0.1, 0.15) is 11.3 Å².